The topological polar surface area (TPSA) is 36.3 Å². The Bertz CT molecular complexity index is 821. The van der Waals surface area contributed by atoms with E-state index in [-0.39, 0.29) is 0 Å². The molecule has 0 N–H and O–H groups in total. The van der Waals surface area contributed by atoms with Gasteiger partial charge < -0.3 is 14.0 Å². The fourth-order valence-electron chi connectivity index (χ4n) is 2.59. The normalized spacial score (nSPS) is 10.6. The van der Waals surface area contributed by atoms with Crippen molar-refractivity contribution >= 4 is 11.0 Å². The van der Waals surface area contributed by atoms with E-state index in [4.69, 9.17) is 14.5 Å². The molecule has 0 fully saturated rings. The Hall–Kier alpha value is -2.75. The number of benzene rings is 2. The van der Waals surface area contributed by atoms with Crippen molar-refractivity contribution in [1.29, 1.82) is 0 Å². The van der Waals surface area contributed by atoms with E-state index in [0.717, 1.165) is 22.4 Å². The van der Waals surface area contributed by atoms with Gasteiger partial charge in [0, 0.05) is 12.1 Å². The van der Waals surface area contributed by atoms with Crippen molar-refractivity contribution in [2.45, 2.75) is 6.54 Å². The van der Waals surface area contributed by atoms with Gasteiger partial charge in [-0.1, -0.05) is 18.2 Å². The molecule has 3 rings (SSSR count). The Balaban J connectivity index is 2.21. The number of hydrogen-bond donors (Lipinski definition) is 0. The minimum absolute atomic E-state index is 0.692. The Morgan fingerprint density at radius 1 is 1.09 bits per heavy atom. The molecule has 0 bridgehead atoms. The molecule has 4 heteroatoms. The maximum absolute atomic E-state index is 5.39. The third-order valence-electron chi connectivity index (χ3n) is 3.61. The summed E-state index contributed by atoms with van der Waals surface area (Å²) in [6.45, 7) is 4.54. The summed E-state index contributed by atoms with van der Waals surface area (Å²) in [5.74, 6) is 2.29. The summed E-state index contributed by atoms with van der Waals surface area (Å²) < 4.78 is 12.8. The molecule has 112 valence electrons. The summed E-state index contributed by atoms with van der Waals surface area (Å²) in [5.41, 5.74) is 3.04. The SMILES string of the molecule is C=CCn1c(-c2ccc(OC)c(OC)c2)nc2ccccc21. The molecule has 4 nitrogen and oxygen atoms in total. The van der Waals surface area contributed by atoms with Gasteiger partial charge in [0.05, 0.1) is 25.3 Å². The average Bonchev–Trinajstić information content (AvgIpc) is 2.93. The van der Waals surface area contributed by atoms with Crippen LogP contribution in [0.25, 0.3) is 22.4 Å². The lowest BCUT2D eigenvalue weighted by Gasteiger charge is -2.11. The van der Waals surface area contributed by atoms with Crippen LogP contribution in [-0.2, 0) is 6.54 Å². The van der Waals surface area contributed by atoms with Crippen LogP contribution < -0.4 is 9.47 Å². The summed E-state index contributed by atoms with van der Waals surface area (Å²) in [6.07, 6.45) is 1.87. The predicted molar refractivity (Wildman–Crippen MR) is 88.5 cm³/mol. The summed E-state index contributed by atoms with van der Waals surface area (Å²) in [5, 5.41) is 0. The number of aromatic nitrogens is 2. The fourth-order valence-corrected chi connectivity index (χ4v) is 2.59. The first kappa shape index (κ1) is 14.2. The molecular weight excluding hydrogens is 276 g/mol. The van der Waals surface area contributed by atoms with Gasteiger partial charge in [-0.15, -0.1) is 6.58 Å². The number of allylic oxidation sites excluding steroid dienone is 1. The number of para-hydroxylation sites is 2. The molecule has 0 amide bonds. The maximum atomic E-state index is 5.39. The van der Waals surface area contributed by atoms with Crippen LogP contribution in [0.5, 0.6) is 11.5 Å². The van der Waals surface area contributed by atoms with Crippen molar-refractivity contribution in [3.8, 4) is 22.9 Å². The first-order valence-electron chi connectivity index (χ1n) is 7.07. The van der Waals surface area contributed by atoms with Crippen LogP contribution in [0.3, 0.4) is 0 Å². The van der Waals surface area contributed by atoms with Crippen molar-refractivity contribution in [2.24, 2.45) is 0 Å². The van der Waals surface area contributed by atoms with Crippen LogP contribution in [-0.4, -0.2) is 23.8 Å². The van der Waals surface area contributed by atoms with E-state index in [1.165, 1.54) is 0 Å². The summed E-state index contributed by atoms with van der Waals surface area (Å²) in [7, 11) is 3.26. The highest BCUT2D eigenvalue weighted by atomic mass is 16.5. The fraction of sp³-hybridized carbons (Fsp3) is 0.167. The second-order valence-corrected chi connectivity index (χ2v) is 4.89. The van der Waals surface area contributed by atoms with Crippen LogP contribution in [0.1, 0.15) is 0 Å². The first-order chi connectivity index (χ1) is 10.8. The minimum Gasteiger partial charge on any atom is -0.493 e. The van der Waals surface area contributed by atoms with Crippen molar-refractivity contribution in [3.63, 3.8) is 0 Å². The second kappa shape index (κ2) is 5.93. The Kier molecular flexibility index (Phi) is 3.83. The lowest BCUT2D eigenvalue weighted by molar-refractivity contribution is 0.355. The number of rotatable bonds is 5. The second-order valence-electron chi connectivity index (χ2n) is 4.89. The molecule has 0 aliphatic rings. The number of nitrogens with zero attached hydrogens (tertiary/aromatic N) is 2. The zero-order chi connectivity index (χ0) is 15.5. The molecule has 0 saturated carbocycles. The molecule has 0 unspecified atom stereocenters. The van der Waals surface area contributed by atoms with Crippen molar-refractivity contribution in [2.75, 3.05) is 14.2 Å². The van der Waals surface area contributed by atoms with Crippen LogP contribution in [0.4, 0.5) is 0 Å². The van der Waals surface area contributed by atoms with E-state index in [1.54, 1.807) is 14.2 Å². The molecule has 0 saturated heterocycles. The van der Waals surface area contributed by atoms with Gasteiger partial charge in [0.25, 0.3) is 0 Å². The third kappa shape index (κ3) is 2.33. The molecule has 0 spiro atoms. The van der Waals surface area contributed by atoms with Gasteiger partial charge in [0.2, 0.25) is 0 Å². The lowest BCUT2D eigenvalue weighted by Crippen LogP contribution is -1.99. The predicted octanol–water partition coefficient (Wildman–Crippen LogP) is 3.91. The Morgan fingerprint density at radius 2 is 1.86 bits per heavy atom. The molecular formula is C18H18N2O2. The van der Waals surface area contributed by atoms with Gasteiger partial charge in [-0.05, 0) is 30.3 Å². The first-order valence-corrected chi connectivity index (χ1v) is 7.07. The van der Waals surface area contributed by atoms with Crippen molar-refractivity contribution in [1.82, 2.24) is 9.55 Å². The van der Waals surface area contributed by atoms with Crippen LogP contribution in [0.2, 0.25) is 0 Å². The molecule has 0 aliphatic carbocycles. The minimum atomic E-state index is 0.692. The molecule has 3 aromatic rings. The highest BCUT2D eigenvalue weighted by molar-refractivity contribution is 5.81. The zero-order valence-corrected chi connectivity index (χ0v) is 12.7. The van der Waals surface area contributed by atoms with E-state index in [9.17, 15) is 0 Å². The molecule has 0 atom stereocenters. The quantitative estimate of drug-likeness (QED) is 0.669. The van der Waals surface area contributed by atoms with E-state index < -0.39 is 0 Å². The number of hydrogen-bond acceptors (Lipinski definition) is 3. The molecule has 0 radical (unpaired) electrons. The van der Waals surface area contributed by atoms with Crippen LogP contribution >= 0.6 is 0 Å². The van der Waals surface area contributed by atoms with Gasteiger partial charge in [-0.2, -0.15) is 0 Å². The van der Waals surface area contributed by atoms with Gasteiger partial charge in [-0.25, -0.2) is 4.98 Å². The number of methoxy groups -OCH3 is 2. The standard InChI is InChI=1S/C18H18N2O2/c1-4-11-20-15-8-6-5-7-14(15)19-18(20)13-9-10-16(21-2)17(12-13)22-3/h4-10,12H,1,11H2,2-3H3. The highest BCUT2D eigenvalue weighted by Crippen LogP contribution is 2.33. The van der Waals surface area contributed by atoms with Crippen molar-refractivity contribution < 1.29 is 9.47 Å². The third-order valence-corrected chi connectivity index (χ3v) is 3.61. The molecule has 0 aliphatic heterocycles. The van der Waals surface area contributed by atoms with Crippen molar-refractivity contribution in [3.05, 3.63) is 55.1 Å². The van der Waals surface area contributed by atoms with Crippen LogP contribution in [0, 0.1) is 0 Å². The van der Waals surface area contributed by atoms with E-state index in [2.05, 4.69) is 17.2 Å². The largest absolute Gasteiger partial charge is 0.493 e. The van der Waals surface area contributed by atoms with E-state index >= 15 is 0 Å². The lowest BCUT2D eigenvalue weighted by atomic mass is 10.2. The molecule has 22 heavy (non-hydrogen) atoms. The zero-order valence-electron chi connectivity index (χ0n) is 12.7. The number of fused-ring (bicyclic) bond motifs is 1. The molecule has 2 aromatic carbocycles. The Labute approximate surface area is 129 Å². The maximum Gasteiger partial charge on any atom is 0.161 e. The smallest absolute Gasteiger partial charge is 0.161 e. The molecule has 1 heterocycles. The summed E-state index contributed by atoms with van der Waals surface area (Å²) >= 11 is 0. The number of ether oxygens (including phenoxy) is 2. The highest BCUT2D eigenvalue weighted by Gasteiger charge is 2.13. The van der Waals surface area contributed by atoms with E-state index in [1.807, 2.05) is 42.5 Å². The van der Waals surface area contributed by atoms with Gasteiger partial charge >= 0.3 is 0 Å². The Morgan fingerprint density at radius 3 is 2.59 bits per heavy atom. The summed E-state index contributed by atoms with van der Waals surface area (Å²) in [6, 6.07) is 13.9. The van der Waals surface area contributed by atoms with Gasteiger partial charge in [0.1, 0.15) is 5.82 Å². The monoisotopic (exact) mass is 294 g/mol. The van der Waals surface area contributed by atoms with Gasteiger partial charge in [0.15, 0.2) is 11.5 Å². The van der Waals surface area contributed by atoms with Crippen LogP contribution in [0.15, 0.2) is 55.1 Å². The average molecular weight is 294 g/mol. The number of imidazole rings is 1. The van der Waals surface area contributed by atoms with Gasteiger partial charge in [-0.3, -0.25) is 0 Å². The van der Waals surface area contributed by atoms with E-state index in [0.29, 0.717) is 18.0 Å². The molecule has 1 aromatic heterocycles. The summed E-state index contributed by atoms with van der Waals surface area (Å²) in [4.78, 5) is 4.75.